The van der Waals surface area contributed by atoms with Gasteiger partial charge < -0.3 is 5.32 Å². The highest BCUT2D eigenvalue weighted by molar-refractivity contribution is 7.88. The van der Waals surface area contributed by atoms with E-state index >= 15 is 0 Å². The van der Waals surface area contributed by atoms with Crippen molar-refractivity contribution in [3.05, 3.63) is 33.8 Å². The molecule has 0 saturated carbocycles. The van der Waals surface area contributed by atoms with E-state index in [1.54, 1.807) is 18.2 Å². The third kappa shape index (κ3) is 7.38. The Hall–Kier alpha value is -0.820. The first kappa shape index (κ1) is 21.2. The molecule has 24 heavy (non-hydrogen) atoms. The quantitative estimate of drug-likeness (QED) is 0.699. The van der Waals surface area contributed by atoms with E-state index in [2.05, 4.69) is 5.32 Å². The van der Waals surface area contributed by atoms with E-state index in [0.29, 0.717) is 16.5 Å². The van der Waals surface area contributed by atoms with Crippen molar-refractivity contribution >= 4 is 39.1 Å². The summed E-state index contributed by atoms with van der Waals surface area (Å²) in [6.45, 7) is 4.29. The van der Waals surface area contributed by atoms with Crippen LogP contribution in [0, 0.1) is 0 Å². The van der Waals surface area contributed by atoms with Gasteiger partial charge in [-0.15, -0.1) is 0 Å². The summed E-state index contributed by atoms with van der Waals surface area (Å²) in [5.74, 6) is -0.150. The maximum absolute atomic E-state index is 11.9. The van der Waals surface area contributed by atoms with Gasteiger partial charge >= 0.3 is 0 Å². The molecular formula is C16H24Cl2N2O3S. The Morgan fingerprint density at radius 1 is 1.29 bits per heavy atom. The van der Waals surface area contributed by atoms with Crippen LogP contribution in [0.15, 0.2) is 18.2 Å². The summed E-state index contributed by atoms with van der Waals surface area (Å²) in [7, 11) is -3.40. The summed E-state index contributed by atoms with van der Waals surface area (Å²) in [4.78, 5) is 11.8. The van der Waals surface area contributed by atoms with Crippen LogP contribution in [0.2, 0.25) is 10.0 Å². The van der Waals surface area contributed by atoms with Gasteiger partial charge in [0.2, 0.25) is 15.9 Å². The first-order valence-electron chi connectivity index (χ1n) is 7.82. The van der Waals surface area contributed by atoms with Crippen LogP contribution in [0.5, 0.6) is 0 Å². The highest BCUT2D eigenvalue weighted by Gasteiger charge is 2.18. The second kappa shape index (κ2) is 9.61. The van der Waals surface area contributed by atoms with Gasteiger partial charge in [-0.05, 0) is 37.5 Å². The van der Waals surface area contributed by atoms with Crippen LogP contribution in [-0.4, -0.2) is 44.0 Å². The van der Waals surface area contributed by atoms with Gasteiger partial charge in [-0.25, -0.2) is 12.7 Å². The molecule has 1 N–H and O–H groups in total. The van der Waals surface area contributed by atoms with Crippen LogP contribution < -0.4 is 5.32 Å². The number of hydrogen-bond acceptors (Lipinski definition) is 3. The highest BCUT2D eigenvalue weighted by atomic mass is 35.5. The third-order valence-electron chi connectivity index (χ3n) is 3.72. The molecule has 0 fully saturated rings. The van der Waals surface area contributed by atoms with Gasteiger partial charge in [0.15, 0.2) is 0 Å². The number of carbonyl (C=O) groups is 1. The number of rotatable bonds is 9. The van der Waals surface area contributed by atoms with Crippen LogP contribution in [-0.2, 0) is 21.2 Å². The molecule has 1 amide bonds. The lowest BCUT2D eigenvalue weighted by Gasteiger charge is -2.20. The minimum Gasteiger partial charge on any atom is -0.354 e. The normalized spacial score (nSPS) is 13.1. The van der Waals surface area contributed by atoms with Gasteiger partial charge in [0.25, 0.3) is 0 Å². The summed E-state index contributed by atoms with van der Waals surface area (Å²) >= 11 is 12.0. The van der Waals surface area contributed by atoms with Crippen molar-refractivity contribution < 1.29 is 13.2 Å². The van der Waals surface area contributed by atoms with Crippen LogP contribution in [0.3, 0.4) is 0 Å². The molecule has 1 aromatic carbocycles. The number of amides is 1. The summed E-state index contributed by atoms with van der Waals surface area (Å²) in [6.07, 6.45) is 2.56. The molecule has 5 nitrogen and oxygen atoms in total. The maximum atomic E-state index is 11.9. The largest absolute Gasteiger partial charge is 0.354 e. The molecular weight excluding hydrogens is 371 g/mol. The first-order chi connectivity index (χ1) is 11.1. The Bertz CT molecular complexity index is 665. The molecule has 0 saturated heterocycles. The average Bonchev–Trinajstić information content (AvgIpc) is 2.47. The van der Waals surface area contributed by atoms with Gasteiger partial charge in [0.1, 0.15) is 0 Å². The predicted octanol–water partition coefficient (Wildman–Crippen LogP) is 3.10. The van der Waals surface area contributed by atoms with E-state index in [1.807, 2.05) is 13.8 Å². The number of nitrogens with one attached hydrogen (secondary N) is 1. The number of halogens is 2. The zero-order valence-electron chi connectivity index (χ0n) is 14.2. The molecule has 1 atom stereocenters. The molecule has 0 aliphatic carbocycles. The van der Waals surface area contributed by atoms with E-state index in [9.17, 15) is 13.2 Å². The fraction of sp³-hybridized carbons (Fsp3) is 0.562. The molecule has 136 valence electrons. The molecule has 0 radical (unpaired) electrons. The molecule has 1 aromatic rings. The molecule has 0 aliphatic heterocycles. The second-order valence-corrected chi connectivity index (χ2v) is 8.60. The highest BCUT2D eigenvalue weighted by Crippen LogP contribution is 2.21. The van der Waals surface area contributed by atoms with Crippen molar-refractivity contribution in [2.45, 2.75) is 39.2 Å². The lowest BCUT2D eigenvalue weighted by atomic mass is 10.1. The fourth-order valence-corrected chi connectivity index (χ4v) is 3.44. The minimum absolute atomic E-state index is 0.0806. The van der Waals surface area contributed by atoms with Crippen molar-refractivity contribution in [1.82, 2.24) is 9.62 Å². The Morgan fingerprint density at radius 2 is 1.96 bits per heavy atom. The summed E-state index contributed by atoms with van der Waals surface area (Å²) in [5, 5.41) is 3.87. The summed E-state index contributed by atoms with van der Waals surface area (Å²) < 4.78 is 25.1. The average molecular weight is 395 g/mol. The summed E-state index contributed by atoms with van der Waals surface area (Å²) in [5.41, 5.74) is 0.818. The molecule has 1 rings (SSSR count). The van der Waals surface area contributed by atoms with Crippen molar-refractivity contribution in [2.24, 2.45) is 0 Å². The van der Waals surface area contributed by atoms with E-state index in [4.69, 9.17) is 23.2 Å². The van der Waals surface area contributed by atoms with Gasteiger partial charge in [-0.2, -0.15) is 0 Å². The molecule has 0 aromatic heterocycles. The molecule has 8 heteroatoms. The van der Waals surface area contributed by atoms with Crippen molar-refractivity contribution in [2.75, 3.05) is 19.3 Å². The smallest absolute Gasteiger partial charge is 0.221 e. The molecule has 1 unspecified atom stereocenters. The Balaban J connectivity index is 2.65. The Kier molecular flexibility index (Phi) is 8.50. The molecule has 0 heterocycles. The lowest BCUT2D eigenvalue weighted by molar-refractivity contribution is -0.121. The fourth-order valence-electron chi connectivity index (χ4n) is 2.09. The van der Waals surface area contributed by atoms with Crippen LogP contribution in [0.4, 0.5) is 0 Å². The molecule has 0 bridgehead atoms. The van der Waals surface area contributed by atoms with Crippen molar-refractivity contribution in [1.29, 1.82) is 0 Å². The lowest BCUT2D eigenvalue weighted by Crippen LogP contribution is -2.38. The van der Waals surface area contributed by atoms with Gasteiger partial charge in [-0.3, -0.25) is 4.79 Å². The topological polar surface area (TPSA) is 66.5 Å². The van der Waals surface area contributed by atoms with Crippen LogP contribution in [0.25, 0.3) is 0 Å². The monoisotopic (exact) mass is 394 g/mol. The first-order valence-corrected chi connectivity index (χ1v) is 10.4. The van der Waals surface area contributed by atoms with Gasteiger partial charge in [-0.1, -0.05) is 36.2 Å². The standard InChI is InChI=1S/C16H24Cl2N2O3S/c1-4-12(2)19-16(21)8-10-20(24(3,22)23)9-7-13-5-6-14(17)11-15(13)18/h5-6,11-12H,4,7-10H2,1-3H3,(H,19,21). The maximum Gasteiger partial charge on any atom is 0.221 e. The Labute approximate surface area is 154 Å². The number of carbonyl (C=O) groups excluding carboxylic acids is 1. The van der Waals surface area contributed by atoms with E-state index in [0.717, 1.165) is 18.2 Å². The van der Waals surface area contributed by atoms with Gasteiger partial charge in [0, 0.05) is 35.6 Å². The van der Waals surface area contributed by atoms with Crippen molar-refractivity contribution in [3.63, 3.8) is 0 Å². The molecule has 0 aliphatic rings. The van der Waals surface area contributed by atoms with E-state index in [1.165, 1.54) is 4.31 Å². The number of benzene rings is 1. The SMILES string of the molecule is CCC(C)NC(=O)CCN(CCc1ccc(Cl)cc1Cl)S(C)(=O)=O. The zero-order chi connectivity index (χ0) is 18.3. The predicted molar refractivity (Wildman–Crippen MR) is 99.1 cm³/mol. The number of nitrogens with zero attached hydrogens (tertiary/aromatic N) is 1. The third-order valence-corrected chi connectivity index (χ3v) is 5.61. The minimum atomic E-state index is -3.40. The van der Waals surface area contributed by atoms with E-state index in [-0.39, 0.29) is 31.5 Å². The van der Waals surface area contributed by atoms with Crippen LogP contribution >= 0.6 is 23.2 Å². The van der Waals surface area contributed by atoms with Gasteiger partial charge in [0.05, 0.1) is 6.26 Å². The second-order valence-electron chi connectivity index (χ2n) is 5.77. The van der Waals surface area contributed by atoms with E-state index < -0.39 is 10.0 Å². The van der Waals surface area contributed by atoms with Crippen molar-refractivity contribution in [3.8, 4) is 0 Å². The number of hydrogen-bond donors (Lipinski definition) is 1. The Morgan fingerprint density at radius 3 is 2.50 bits per heavy atom. The van der Waals surface area contributed by atoms with Crippen LogP contribution in [0.1, 0.15) is 32.3 Å². The number of sulfonamides is 1. The summed E-state index contributed by atoms with van der Waals surface area (Å²) in [6, 6.07) is 5.20. The molecule has 0 spiro atoms. The zero-order valence-corrected chi connectivity index (χ0v) is 16.5.